The van der Waals surface area contributed by atoms with Gasteiger partial charge in [-0.15, -0.1) is 0 Å². The lowest BCUT2D eigenvalue weighted by Crippen LogP contribution is -2.45. The number of hydrogen-bond donors (Lipinski definition) is 1. The van der Waals surface area contributed by atoms with Crippen molar-refractivity contribution in [1.82, 2.24) is 0 Å². The molecule has 0 aliphatic carbocycles. The maximum Gasteiger partial charge on any atom is 0.350 e. The Morgan fingerprint density at radius 2 is 1.85 bits per heavy atom. The summed E-state index contributed by atoms with van der Waals surface area (Å²) in [5, 5.41) is 8.72. The van der Waals surface area contributed by atoms with Crippen molar-refractivity contribution >= 4 is 17.9 Å². The van der Waals surface area contributed by atoms with Crippen LogP contribution in [0.1, 0.15) is 65.2 Å². The van der Waals surface area contributed by atoms with Gasteiger partial charge in [-0.3, -0.25) is 4.79 Å². The number of unbranched alkanes of at least 4 members (excludes halogenated alkanes) is 3. The first kappa shape index (κ1) is 22.2. The summed E-state index contributed by atoms with van der Waals surface area (Å²) in [5.41, 5.74) is -1.14. The molecule has 0 saturated carbocycles. The summed E-state index contributed by atoms with van der Waals surface area (Å²) < 4.78 is 16.0. The van der Waals surface area contributed by atoms with Crippen LogP contribution in [-0.4, -0.2) is 47.9 Å². The van der Waals surface area contributed by atoms with Crippen LogP contribution in [0.25, 0.3) is 0 Å². The van der Waals surface area contributed by atoms with Crippen LogP contribution in [0.3, 0.4) is 0 Å². The molecule has 0 aromatic rings. The average Bonchev–Trinajstić information content (AvgIpc) is 3.40. The number of carboxylic acid groups (broad SMARTS) is 1. The molecule has 1 saturated heterocycles. The zero-order valence-electron chi connectivity index (χ0n) is 15.8. The Morgan fingerprint density at radius 1 is 1.19 bits per heavy atom. The fraction of sp³-hybridized carbons (Fsp3) is 0.737. The quantitative estimate of drug-likeness (QED) is 0.217. The van der Waals surface area contributed by atoms with Crippen LogP contribution in [0.5, 0.6) is 0 Å². The zero-order chi connectivity index (χ0) is 19.6. The molecule has 0 bridgehead atoms. The van der Waals surface area contributed by atoms with E-state index in [1.165, 1.54) is 6.92 Å². The SMILES string of the molecule is C=C(C)C(=O)OC(CCCC)(CCCCCC(=O)O)C(=O)OCC1CO1. The maximum absolute atomic E-state index is 12.8. The van der Waals surface area contributed by atoms with Crippen molar-refractivity contribution in [3.05, 3.63) is 12.2 Å². The normalized spacial score (nSPS) is 17.8. The highest BCUT2D eigenvalue weighted by molar-refractivity contribution is 5.91. The van der Waals surface area contributed by atoms with Crippen molar-refractivity contribution in [1.29, 1.82) is 0 Å². The molecule has 1 rings (SSSR count). The van der Waals surface area contributed by atoms with Gasteiger partial charge >= 0.3 is 17.9 Å². The molecule has 1 N–H and O–H groups in total. The van der Waals surface area contributed by atoms with E-state index in [0.717, 1.165) is 6.42 Å². The first-order valence-corrected chi connectivity index (χ1v) is 9.20. The Hall–Kier alpha value is -1.89. The minimum atomic E-state index is -1.36. The van der Waals surface area contributed by atoms with Crippen LogP contribution < -0.4 is 0 Å². The fourth-order valence-electron chi connectivity index (χ4n) is 2.53. The molecule has 26 heavy (non-hydrogen) atoms. The molecule has 0 spiro atoms. The summed E-state index contributed by atoms with van der Waals surface area (Å²) in [5.74, 6) is -2.03. The maximum atomic E-state index is 12.8. The average molecular weight is 370 g/mol. The third-order valence-corrected chi connectivity index (χ3v) is 4.22. The van der Waals surface area contributed by atoms with E-state index < -0.39 is 23.5 Å². The van der Waals surface area contributed by atoms with Gasteiger partial charge in [-0.25, -0.2) is 9.59 Å². The van der Waals surface area contributed by atoms with Crippen molar-refractivity contribution in [2.45, 2.75) is 76.9 Å². The lowest BCUT2D eigenvalue weighted by atomic mass is 9.89. The highest BCUT2D eigenvalue weighted by Crippen LogP contribution is 2.30. The Morgan fingerprint density at radius 3 is 2.38 bits per heavy atom. The number of carbonyl (C=O) groups is 3. The van der Waals surface area contributed by atoms with E-state index in [9.17, 15) is 14.4 Å². The number of epoxide rings is 1. The van der Waals surface area contributed by atoms with Gasteiger partial charge in [0.15, 0.2) is 0 Å². The lowest BCUT2D eigenvalue weighted by molar-refractivity contribution is -0.183. The molecule has 148 valence electrons. The fourth-order valence-corrected chi connectivity index (χ4v) is 2.53. The topological polar surface area (TPSA) is 102 Å². The predicted octanol–water partition coefficient (Wildman–Crippen LogP) is 3.01. The first-order chi connectivity index (χ1) is 12.3. The molecule has 0 aromatic carbocycles. The summed E-state index contributed by atoms with van der Waals surface area (Å²) >= 11 is 0. The largest absolute Gasteiger partial charge is 0.481 e. The molecule has 1 aliphatic heterocycles. The van der Waals surface area contributed by atoms with Crippen LogP contribution in [0, 0.1) is 0 Å². The highest BCUT2D eigenvalue weighted by Gasteiger charge is 2.44. The van der Waals surface area contributed by atoms with Gasteiger partial charge in [0, 0.05) is 12.0 Å². The molecule has 7 heteroatoms. The van der Waals surface area contributed by atoms with Gasteiger partial charge in [0.1, 0.15) is 12.7 Å². The van der Waals surface area contributed by atoms with Gasteiger partial charge in [0.2, 0.25) is 5.60 Å². The third-order valence-electron chi connectivity index (χ3n) is 4.22. The number of esters is 2. The van der Waals surface area contributed by atoms with Gasteiger partial charge in [0.05, 0.1) is 6.61 Å². The Labute approximate surface area is 154 Å². The molecule has 0 aromatic heterocycles. The zero-order valence-corrected chi connectivity index (χ0v) is 15.8. The summed E-state index contributed by atoms with van der Waals surface area (Å²) in [6, 6.07) is 0. The second kappa shape index (κ2) is 11.0. The minimum Gasteiger partial charge on any atom is -0.481 e. The minimum absolute atomic E-state index is 0.0739. The summed E-state index contributed by atoms with van der Waals surface area (Å²) in [4.78, 5) is 35.5. The molecule has 1 heterocycles. The highest BCUT2D eigenvalue weighted by atomic mass is 16.6. The lowest BCUT2D eigenvalue weighted by Gasteiger charge is -2.31. The smallest absolute Gasteiger partial charge is 0.350 e. The molecular formula is C19H30O7. The standard InChI is InChI=1S/C19H30O7/c1-4-5-10-19(26-17(22)14(2)3,11-8-6-7-9-16(20)21)18(23)25-13-15-12-24-15/h15H,2,4-13H2,1,3H3,(H,20,21). The number of rotatable bonds is 14. The van der Waals surface area contributed by atoms with E-state index in [1.54, 1.807) is 0 Å². The second-order valence-corrected chi connectivity index (χ2v) is 6.78. The Balaban J connectivity index is 2.79. The Kier molecular flexibility index (Phi) is 9.34. The van der Waals surface area contributed by atoms with Gasteiger partial charge in [-0.1, -0.05) is 26.3 Å². The molecule has 0 amide bonds. The van der Waals surface area contributed by atoms with Crippen molar-refractivity contribution < 1.29 is 33.7 Å². The predicted molar refractivity (Wildman–Crippen MR) is 94.6 cm³/mol. The van der Waals surface area contributed by atoms with E-state index in [0.29, 0.717) is 45.1 Å². The van der Waals surface area contributed by atoms with Crippen molar-refractivity contribution in [3.63, 3.8) is 0 Å². The van der Waals surface area contributed by atoms with Gasteiger partial charge < -0.3 is 19.3 Å². The molecule has 2 atom stereocenters. The molecule has 2 unspecified atom stereocenters. The van der Waals surface area contributed by atoms with E-state index in [-0.39, 0.29) is 24.7 Å². The number of carbonyl (C=O) groups excluding carboxylic acids is 2. The third kappa shape index (κ3) is 7.99. The van der Waals surface area contributed by atoms with E-state index in [1.807, 2.05) is 6.92 Å². The van der Waals surface area contributed by atoms with E-state index in [4.69, 9.17) is 19.3 Å². The number of ether oxygens (including phenoxy) is 3. The summed E-state index contributed by atoms with van der Waals surface area (Å²) in [6.45, 7) is 7.81. The van der Waals surface area contributed by atoms with Crippen molar-refractivity contribution in [2.75, 3.05) is 13.2 Å². The molecule has 0 radical (unpaired) electrons. The molecule has 1 aliphatic rings. The summed E-state index contributed by atoms with van der Waals surface area (Å²) in [6.07, 6.45) is 3.92. The van der Waals surface area contributed by atoms with Crippen LogP contribution >= 0.6 is 0 Å². The molecule has 7 nitrogen and oxygen atoms in total. The van der Waals surface area contributed by atoms with Crippen LogP contribution in [0.2, 0.25) is 0 Å². The van der Waals surface area contributed by atoms with Gasteiger partial charge in [-0.05, 0) is 39.0 Å². The summed E-state index contributed by atoms with van der Waals surface area (Å²) in [7, 11) is 0. The first-order valence-electron chi connectivity index (χ1n) is 9.20. The van der Waals surface area contributed by atoms with Gasteiger partial charge in [-0.2, -0.15) is 0 Å². The number of carboxylic acids is 1. The van der Waals surface area contributed by atoms with Crippen LogP contribution in [0.15, 0.2) is 12.2 Å². The van der Waals surface area contributed by atoms with Crippen molar-refractivity contribution in [2.24, 2.45) is 0 Å². The van der Waals surface area contributed by atoms with Crippen LogP contribution in [-0.2, 0) is 28.6 Å². The molecular weight excluding hydrogens is 340 g/mol. The monoisotopic (exact) mass is 370 g/mol. The van der Waals surface area contributed by atoms with Gasteiger partial charge in [0.25, 0.3) is 0 Å². The van der Waals surface area contributed by atoms with E-state index >= 15 is 0 Å². The molecule has 1 fully saturated rings. The second-order valence-electron chi connectivity index (χ2n) is 6.78. The number of hydrogen-bond acceptors (Lipinski definition) is 6. The van der Waals surface area contributed by atoms with Crippen molar-refractivity contribution in [3.8, 4) is 0 Å². The van der Waals surface area contributed by atoms with E-state index in [2.05, 4.69) is 6.58 Å². The van der Waals surface area contributed by atoms with Crippen LogP contribution in [0.4, 0.5) is 0 Å². The number of aliphatic carboxylic acids is 1. The Bertz CT molecular complexity index is 510.